The number of ether oxygens (including phenoxy) is 3. The van der Waals surface area contributed by atoms with E-state index in [-0.39, 0.29) is 64.6 Å². The quantitative estimate of drug-likeness (QED) is 0.0446. The van der Waals surface area contributed by atoms with E-state index in [0.29, 0.717) is 135 Å². The average molecular weight is 1320 g/mol. The monoisotopic (exact) mass is 1320 g/mol. The molecule has 6 amide bonds. The Morgan fingerprint density at radius 2 is 0.705 bits per heavy atom. The zero-order valence-corrected chi connectivity index (χ0v) is 54.3. The molecule has 0 saturated carbocycles. The molecule has 0 aromatic heterocycles. The number of carbonyl (C=O) groups excluding carboxylic acids is 6. The van der Waals surface area contributed by atoms with Crippen LogP contribution in [0.4, 0.5) is 26.3 Å². The van der Waals surface area contributed by atoms with Crippen molar-refractivity contribution in [2.24, 2.45) is 17.8 Å². The highest BCUT2D eigenvalue weighted by atomic mass is 19.4. The first kappa shape index (κ1) is 73.5. The second-order valence-electron chi connectivity index (χ2n) is 24.3. The van der Waals surface area contributed by atoms with Gasteiger partial charge in [-0.1, -0.05) is 72.8 Å². The van der Waals surface area contributed by atoms with Gasteiger partial charge in [0.25, 0.3) is 0 Å². The lowest BCUT2D eigenvalue weighted by atomic mass is 9.93. The third-order valence-electron chi connectivity index (χ3n) is 17.3. The molecule has 0 radical (unpaired) electrons. The molecule has 95 heavy (non-hydrogen) atoms. The lowest BCUT2D eigenvalue weighted by Crippen LogP contribution is -2.39. The van der Waals surface area contributed by atoms with Gasteiger partial charge >= 0.3 is 6.36 Å². The van der Waals surface area contributed by atoms with Crippen molar-refractivity contribution in [3.05, 3.63) is 196 Å². The molecule has 510 valence electrons. The molecule has 3 aliphatic rings. The molecule has 3 heterocycles. The summed E-state index contributed by atoms with van der Waals surface area (Å²) in [5.74, 6) is 1.59. The van der Waals surface area contributed by atoms with Crippen LogP contribution in [0.25, 0.3) is 0 Å². The number of alkyl halides is 3. The summed E-state index contributed by atoms with van der Waals surface area (Å²) in [6, 6.07) is 40.1. The Kier molecular flexibility index (Phi) is 29.8. The number of piperidine rings is 3. The number of hydrogen-bond donors (Lipinski definition) is 3. The molecule has 3 saturated heterocycles. The van der Waals surface area contributed by atoms with Gasteiger partial charge in [0.1, 0.15) is 34.7 Å². The van der Waals surface area contributed by atoms with Gasteiger partial charge in [-0.2, -0.15) is 0 Å². The molecule has 15 nitrogen and oxygen atoms in total. The van der Waals surface area contributed by atoms with E-state index in [0.717, 1.165) is 89.8 Å². The number of amides is 6. The molecule has 0 spiro atoms. The van der Waals surface area contributed by atoms with E-state index in [9.17, 15) is 55.1 Å². The van der Waals surface area contributed by atoms with E-state index in [1.165, 1.54) is 60.7 Å². The van der Waals surface area contributed by atoms with Crippen LogP contribution in [0.5, 0.6) is 17.2 Å². The van der Waals surface area contributed by atoms with Crippen LogP contribution in [0.2, 0.25) is 0 Å². The van der Waals surface area contributed by atoms with Gasteiger partial charge in [-0.05, 0) is 195 Å². The van der Waals surface area contributed by atoms with Crippen molar-refractivity contribution >= 4 is 35.4 Å². The van der Waals surface area contributed by atoms with E-state index >= 15 is 0 Å². The molecular weight excluding hydrogens is 1230 g/mol. The Morgan fingerprint density at radius 1 is 0.400 bits per heavy atom. The lowest BCUT2D eigenvalue weighted by molar-refractivity contribution is -0.274. The number of hydrogen-bond acceptors (Lipinski definition) is 9. The minimum atomic E-state index is -4.72. The minimum Gasteiger partial charge on any atom is -0.497 e. The van der Waals surface area contributed by atoms with Gasteiger partial charge in [-0.25, -0.2) is 13.2 Å². The highest BCUT2D eigenvalue weighted by Gasteiger charge is 2.31. The SMILES string of the molecule is COc1ccc(CCNC(=O)CC2CCN(C(=O)CCc3cccc(F)c3)CC2)cc1.COc1ccc(CNC(=O)CC2CCN(C(=O)CCc3cccc(F)c3)CC2)cc1.O=C(CC1CCN(C(=O)CCc2cccc(F)c2)CC1)NCCc1ccc(OC(F)(F)F)cc1. The smallest absolute Gasteiger partial charge is 0.497 e. The van der Waals surface area contributed by atoms with Gasteiger partial charge in [0.15, 0.2) is 0 Å². The predicted octanol–water partition coefficient (Wildman–Crippen LogP) is 12.1. The molecule has 21 heteroatoms. The van der Waals surface area contributed by atoms with Crippen LogP contribution in [-0.4, -0.2) is 123 Å². The van der Waals surface area contributed by atoms with Crippen LogP contribution in [0, 0.1) is 35.2 Å². The molecule has 0 atom stereocenters. The van der Waals surface area contributed by atoms with E-state index in [4.69, 9.17) is 9.47 Å². The number of nitrogens with one attached hydrogen (secondary N) is 3. The van der Waals surface area contributed by atoms with Crippen molar-refractivity contribution in [3.63, 3.8) is 0 Å². The van der Waals surface area contributed by atoms with Gasteiger partial charge in [-0.3, -0.25) is 28.8 Å². The topological polar surface area (TPSA) is 176 Å². The number of halogens is 6. The molecule has 0 bridgehead atoms. The Hall–Kier alpha value is -8.88. The number of carbonyl (C=O) groups is 6. The molecule has 3 fully saturated rings. The van der Waals surface area contributed by atoms with E-state index in [2.05, 4.69) is 20.7 Å². The summed E-state index contributed by atoms with van der Waals surface area (Å²) in [5.41, 5.74) is 5.46. The Bertz CT molecular complexity index is 3370. The van der Waals surface area contributed by atoms with E-state index in [1.54, 1.807) is 43.4 Å². The normalized spacial score (nSPS) is 14.5. The molecule has 9 rings (SSSR count). The third kappa shape index (κ3) is 27.5. The van der Waals surface area contributed by atoms with Gasteiger partial charge < -0.3 is 44.9 Å². The fourth-order valence-electron chi connectivity index (χ4n) is 11.8. The van der Waals surface area contributed by atoms with Crippen LogP contribution in [0.15, 0.2) is 146 Å². The first-order valence-corrected chi connectivity index (χ1v) is 32.7. The molecule has 0 aliphatic carbocycles. The maximum Gasteiger partial charge on any atom is 0.573 e. The molecule has 0 unspecified atom stereocenters. The van der Waals surface area contributed by atoms with Crippen molar-refractivity contribution in [1.29, 1.82) is 0 Å². The lowest BCUT2D eigenvalue weighted by Gasteiger charge is -2.32. The average Bonchev–Trinajstić information content (AvgIpc) is 1.92. The summed E-state index contributed by atoms with van der Waals surface area (Å²) in [5, 5.41) is 8.82. The van der Waals surface area contributed by atoms with Crippen molar-refractivity contribution in [2.45, 2.75) is 122 Å². The number of aryl methyl sites for hydroxylation is 3. The second kappa shape index (κ2) is 38.5. The molecular formula is C74H88F6N6O9. The Balaban J connectivity index is 0.000000202. The summed E-state index contributed by atoms with van der Waals surface area (Å²) < 4.78 is 90.5. The van der Waals surface area contributed by atoms with Crippen molar-refractivity contribution < 1.29 is 69.3 Å². The van der Waals surface area contributed by atoms with Gasteiger partial charge in [0.2, 0.25) is 35.4 Å². The van der Waals surface area contributed by atoms with Crippen molar-refractivity contribution in [2.75, 3.05) is 66.6 Å². The maximum absolute atomic E-state index is 13.3. The Labute approximate surface area is 553 Å². The van der Waals surface area contributed by atoms with Crippen LogP contribution < -0.4 is 30.2 Å². The zero-order chi connectivity index (χ0) is 68.0. The number of nitrogens with zero attached hydrogens (tertiary/aromatic N) is 3. The van der Waals surface area contributed by atoms with Gasteiger partial charge in [-0.15, -0.1) is 13.2 Å². The summed E-state index contributed by atoms with van der Waals surface area (Å²) in [4.78, 5) is 79.6. The summed E-state index contributed by atoms with van der Waals surface area (Å²) >= 11 is 0. The van der Waals surface area contributed by atoms with Crippen LogP contribution in [-0.2, 0) is 67.4 Å². The third-order valence-corrected chi connectivity index (χ3v) is 17.3. The fourth-order valence-corrected chi connectivity index (χ4v) is 11.8. The first-order valence-electron chi connectivity index (χ1n) is 32.7. The highest BCUT2D eigenvalue weighted by Crippen LogP contribution is 2.26. The zero-order valence-electron chi connectivity index (χ0n) is 54.3. The number of likely N-dealkylation sites (tertiary alicyclic amines) is 3. The van der Waals surface area contributed by atoms with E-state index in [1.807, 2.05) is 70.5 Å². The second-order valence-corrected chi connectivity index (χ2v) is 24.3. The molecule has 3 N–H and O–H groups in total. The number of methoxy groups -OCH3 is 2. The molecule has 6 aromatic rings. The van der Waals surface area contributed by atoms with Crippen LogP contribution in [0.1, 0.15) is 110 Å². The summed E-state index contributed by atoms with van der Waals surface area (Å²) in [7, 11) is 3.27. The number of benzene rings is 6. The largest absolute Gasteiger partial charge is 0.573 e. The maximum atomic E-state index is 13.3. The van der Waals surface area contributed by atoms with E-state index < -0.39 is 6.36 Å². The molecule has 6 aromatic carbocycles. The van der Waals surface area contributed by atoms with Crippen molar-refractivity contribution in [1.82, 2.24) is 30.7 Å². The minimum absolute atomic E-state index is 0.0406. The number of rotatable bonds is 26. The van der Waals surface area contributed by atoms with Crippen LogP contribution in [0.3, 0.4) is 0 Å². The van der Waals surface area contributed by atoms with Gasteiger partial charge in [0.05, 0.1) is 14.2 Å². The highest BCUT2D eigenvalue weighted by molar-refractivity contribution is 5.79. The summed E-state index contributed by atoms with van der Waals surface area (Å²) in [6.07, 6.45) is 5.49. The van der Waals surface area contributed by atoms with Crippen LogP contribution >= 0.6 is 0 Å². The summed E-state index contributed by atoms with van der Waals surface area (Å²) in [6.45, 7) is 5.44. The standard InChI is InChI=1S/C25H28F4N2O3.C25H31FN2O3.C24H29FN2O3/c26-21-3-1-2-19(16-21)6-9-24(33)31-14-11-20(12-15-31)17-23(32)30-13-10-18-4-7-22(8-5-18)34-25(27,28)29;1-31-23-8-5-19(6-9-23)11-14-27-24(29)18-21-12-15-28(16-13-21)25(30)10-7-20-3-2-4-22(26)17-20;1-30-22-8-5-20(6-9-22)17-26-23(28)16-19-11-13-27(14-12-19)24(29)10-7-18-3-2-4-21(25)15-18/h1-5,7-8,16,20H,6,9-15,17H2,(H,30,32);2-6,8-9,17,21H,7,10-16,18H2,1H3,(H,27,29);2-6,8-9,15,19H,7,10-14,16-17H2,1H3,(H,26,28). The Morgan fingerprint density at radius 3 is 1.01 bits per heavy atom. The van der Waals surface area contributed by atoms with Crippen molar-refractivity contribution in [3.8, 4) is 17.2 Å². The molecule has 3 aliphatic heterocycles. The first-order chi connectivity index (χ1) is 45.7. The fraction of sp³-hybridized carbons (Fsp3) is 0.432. The predicted molar refractivity (Wildman–Crippen MR) is 350 cm³/mol. The van der Waals surface area contributed by atoms with Gasteiger partial charge in [0, 0.05) is 97.4 Å².